The molecule has 0 saturated carbocycles. The lowest BCUT2D eigenvalue weighted by atomic mass is 10.4. The highest BCUT2D eigenvalue weighted by atomic mass is 79.9. The summed E-state index contributed by atoms with van der Waals surface area (Å²) in [7, 11) is 1.95. The number of imidazole rings is 1. The van der Waals surface area contributed by atoms with E-state index in [-0.39, 0.29) is 0 Å². The van der Waals surface area contributed by atoms with E-state index in [0.717, 1.165) is 15.6 Å². The van der Waals surface area contributed by atoms with Crippen LogP contribution < -0.4 is 0 Å². The van der Waals surface area contributed by atoms with Gasteiger partial charge in [-0.1, -0.05) is 0 Å². The number of aromatic nitrogens is 3. The van der Waals surface area contributed by atoms with E-state index >= 15 is 0 Å². The molecule has 0 bridgehead atoms. The smallest absolute Gasteiger partial charge is 0.178 e. The summed E-state index contributed by atoms with van der Waals surface area (Å²) in [5.74, 6) is 0. The van der Waals surface area contributed by atoms with E-state index in [1.807, 2.05) is 17.7 Å². The Morgan fingerprint density at radius 1 is 1.45 bits per heavy atom. The van der Waals surface area contributed by atoms with Crippen LogP contribution in [0.25, 0.3) is 11.2 Å². The number of aryl methyl sites for hydroxylation is 1. The summed E-state index contributed by atoms with van der Waals surface area (Å²) in [4.78, 5) is 8.20. The van der Waals surface area contributed by atoms with Crippen LogP contribution in [0.4, 0.5) is 0 Å². The average molecular weight is 212 g/mol. The van der Waals surface area contributed by atoms with E-state index < -0.39 is 0 Å². The van der Waals surface area contributed by atoms with Gasteiger partial charge in [0.2, 0.25) is 0 Å². The predicted molar refractivity (Wildman–Crippen MR) is 46.2 cm³/mol. The summed E-state index contributed by atoms with van der Waals surface area (Å²) < 4.78 is 2.97. The zero-order valence-electron chi connectivity index (χ0n) is 5.95. The molecule has 0 N–H and O–H groups in total. The Hall–Kier alpha value is -0.900. The van der Waals surface area contributed by atoms with E-state index in [4.69, 9.17) is 0 Å². The van der Waals surface area contributed by atoms with Crippen molar-refractivity contribution in [2.45, 2.75) is 0 Å². The van der Waals surface area contributed by atoms with Gasteiger partial charge in [-0.15, -0.1) is 0 Å². The first kappa shape index (κ1) is 6.79. The number of rotatable bonds is 0. The second-order valence-electron chi connectivity index (χ2n) is 2.32. The van der Waals surface area contributed by atoms with Gasteiger partial charge in [-0.05, 0) is 22.0 Å². The van der Waals surface area contributed by atoms with Gasteiger partial charge < -0.3 is 4.57 Å². The molecule has 0 atom stereocenters. The summed E-state index contributed by atoms with van der Waals surface area (Å²) in [5, 5.41) is 0. The Morgan fingerprint density at radius 3 is 3.00 bits per heavy atom. The van der Waals surface area contributed by atoms with Crippen LogP contribution in [0, 0.1) is 0 Å². The van der Waals surface area contributed by atoms with E-state index in [1.165, 1.54) is 0 Å². The van der Waals surface area contributed by atoms with E-state index in [0.29, 0.717) is 0 Å². The van der Waals surface area contributed by atoms with E-state index in [2.05, 4.69) is 25.9 Å². The highest BCUT2D eigenvalue weighted by Crippen LogP contribution is 2.19. The maximum absolute atomic E-state index is 4.10. The Bertz CT molecular complexity index is 393. The van der Waals surface area contributed by atoms with Gasteiger partial charge in [0.1, 0.15) is 5.52 Å². The quantitative estimate of drug-likeness (QED) is 0.665. The minimum atomic E-state index is 0.780. The van der Waals surface area contributed by atoms with Crippen LogP contribution in [-0.4, -0.2) is 14.5 Å². The molecule has 2 aromatic heterocycles. The molecule has 4 heteroatoms. The van der Waals surface area contributed by atoms with Gasteiger partial charge in [-0.3, -0.25) is 0 Å². The molecule has 0 aliphatic heterocycles. The normalized spacial score (nSPS) is 10.7. The third-order valence-electron chi connectivity index (χ3n) is 1.56. The lowest BCUT2D eigenvalue weighted by Gasteiger charge is -1.94. The number of hydrogen-bond acceptors (Lipinski definition) is 2. The summed E-state index contributed by atoms with van der Waals surface area (Å²) in [5.41, 5.74) is 1.81. The zero-order chi connectivity index (χ0) is 7.84. The summed E-state index contributed by atoms with van der Waals surface area (Å²) in [6.07, 6.45) is 3.49. The molecule has 0 unspecified atom stereocenters. The van der Waals surface area contributed by atoms with E-state index in [1.54, 1.807) is 12.5 Å². The summed E-state index contributed by atoms with van der Waals surface area (Å²) in [6.45, 7) is 0. The topological polar surface area (TPSA) is 30.7 Å². The van der Waals surface area contributed by atoms with Gasteiger partial charge in [-0.25, -0.2) is 9.97 Å². The monoisotopic (exact) mass is 211 g/mol. The molecule has 2 aromatic rings. The highest BCUT2D eigenvalue weighted by Gasteiger charge is 2.02. The fraction of sp³-hybridized carbons (Fsp3) is 0.143. The molecule has 56 valence electrons. The molecule has 0 saturated heterocycles. The number of fused-ring (bicyclic) bond motifs is 1. The Morgan fingerprint density at radius 2 is 2.27 bits per heavy atom. The van der Waals surface area contributed by atoms with Gasteiger partial charge in [0.05, 0.1) is 6.33 Å². The van der Waals surface area contributed by atoms with Crippen LogP contribution in [0.2, 0.25) is 0 Å². The van der Waals surface area contributed by atoms with Crippen molar-refractivity contribution in [3.05, 3.63) is 23.1 Å². The SMILES string of the molecule is Cn1cnc2nccc(Br)c21. The molecule has 0 aromatic carbocycles. The van der Waals surface area contributed by atoms with Gasteiger partial charge in [0, 0.05) is 17.7 Å². The van der Waals surface area contributed by atoms with Crippen molar-refractivity contribution in [2.75, 3.05) is 0 Å². The van der Waals surface area contributed by atoms with Gasteiger partial charge in [0.25, 0.3) is 0 Å². The predicted octanol–water partition coefficient (Wildman–Crippen LogP) is 1.73. The largest absolute Gasteiger partial charge is 0.331 e. The van der Waals surface area contributed by atoms with Crippen LogP contribution in [-0.2, 0) is 7.05 Å². The molecule has 0 radical (unpaired) electrons. The zero-order valence-corrected chi connectivity index (χ0v) is 7.54. The van der Waals surface area contributed by atoms with Crippen molar-refractivity contribution in [1.29, 1.82) is 0 Å². The number of hydrogen-bond donors (Lipinski definition) is 0. The third-order valence-corrected chi connectivity index (χ3v) is 2.20. The molecular formula is C7H6BrN3. The van der Waals surface area contributed by atoms with Crippen molar-refractivity contribution < 1.29 is 0 Å². The third kappa shape index (κ3) is 0.939. The summed E-state index contributed by atoms with van der Waals surface area (Å²) in [6, 6.07) is 1.91. The minimum Gasteiger partial charge on any atom is -0.331 e. The Balaban J connectivity index is 2.96. The molecule has 0 spiro atoms. The summed E-state index contributed by atoms with van der Waals surface area (Å²) >= 11 is 3.43. The van der Waals surface area contributed by atoms with Crippen LogP contribution in [0.1, 0.15) is 0 Å². The van der Waals surface area contributed by atoms with Crippen LogP contribution in [0.15, 0.2) is 23.1 Å². The fourth-order valence-electron chi connectivity index (χ4n) is 1.04. The molecule has 0 fully saturated rings. The molecular weight excluding hydrogens is 206 g/mol. The number of nitrogens with zero attached hydrogens (tertiary/aromatic N) is 3. The van der Waals surface area contributed by atoms with Crippen molar-refractivity contribution in [3.8, 4) is 0 Å². The molecule has 0 aliphatic carbocycles. The molecule has 3 nitrogen and oxygen atoms in total. The first-order valence-electron chi connectivity index (χ1n) is 3.20. The molecule has 0 amide bonds. The molecule has 11 heavy (non-hydrogen) atoms. The second kappa shape index (κ2) is 2.30. The van der Waals surface area contributed by atoms with Crippen molar-refractivity contribution in [3.63, 3.8) is 0 Å². The Kier molecular flexibility index (Phi) is 1.42. The van der Waals surface area contributed by atoms with E-state index in [9.17, 15) is 0 Å². The van der Waals surface area contributed by atoms with Gasteiger partial charge >= 0.3 is 0 Å². The standard InChI is InChI=1S/C7H6BrN3/c1-11-4-10-7-6(11)5(8)2-3-9-7/h2-4H,1H3. The average Bonchev–Trinajstić information content (AvgIpc) is 2.34. The first-order valence-corrected chi connectivity index (χ1v) is 4.00. The minimum absolute atomic E-state index is 0.780. The fourth-order valence-corrected chi connectivity index (χ4v) is 1.62. The maximum atomic E-state index is 4.10. The van der Waals surface area contributed by atoms with Crippen molar-refractivity contribution in [1.82, 2.24) is 14.5 Å². The number of pyridine rings is 1. The first-order chi connectivity index (χ1) is 5.29. The van der Waals surface area contributed by atoms with Gasteiger partial charge in [-0.2, -0.15) is 0 Å². The lowest BCUT2D eigenvalue weighted by Crippen LogP contribution is -1.85. The Labute approximate surface area is 72.2 Å². The van der Waals surface area contributed by atoms with Gasteiger partial charge in [0.15, 0.2) is 5.65 Å². The van der Waals surface area contributed by atoms with Crippen LogP contribution >= 0.6 is 15.9 Å². The lowest BCUT2D eigenvalue weighted by molar-refractivity contribution is 0.945. The maximum Gasteiger partial charge on any atom is 0.178 e. The second-order valence-corrected chi connectivity index (χ2v) is 3.17. The van der Waals surface area contributed by atoms with Crippen molar-refractivity contribution in [2.24, 2.45) is 7.05 Å². The molecule has 0 aliphatic rings. The molecule has 2 heterocycles. The highest BCUT2D eigenvalue weighted by molar-refractivity contribution is 9.10. The molecule has 2 rings (SSSR count). The van der Waals surface area contributed by atoms with Crippen LogP contribution in [0.3, 0.4) is 0 Å². The number of halogens is 1. The van der Waals surface area contributed by atoms with Crippen LogP contribution in [0.5, 0.6) is 0 Å². The van der Waals surface area contributed by atoms with Crippen molar-refractivity contribution >= 4 is 27.1 Å².